The molecule has 3 rings (SSSR count). The highest BCUT2D eigenvalue weighted by molar-refractivity contribution is 5.79. The van der Waals surface area contributed by atoms with Crippen molar-refractivity contribution in [2.45, 2.75) is 45.1 Å². The number of hydrogen-bond acceptors (Lipinski definition) is 1. The quantitative estimate of drug-likeness (QED) is 0.557. The average Bonchev–Trinajstić information content (AvgIpc) is 3.11. The normalized spacial score (nSPS) is 19.7. The van der Waals surface area contributed by atoms with Crippen molar-refractivity contribution in [3.05, 3.63) is 59.2 Å². The molecular formula is C22H21F6NO. The number of carbonyl (C=O) groups excluding carboxylic acids is 1. The molecule has 0 aliphatic heterocycles. The first kappa shape index (κ1) is 22.2. The fraction of sp³-hybridized carbons (Fsp3) is 0.409. The fourth-order valence-electron chi connectivity index (χ4n) is 3.76. The zero-order valence-corrected chi connectivity index (χ0v) is 16.2. The largest absolute Gasteiger partial charge is 0.416 e. The van der Waals surface area contributed by atoms with Crippen LogP contribution in [0.3, 0.4) is 0 Å². The summed E-state index contributed by atoms with van der Waals surface area (Å²) in [4.78, 5) is 12.3. The molecular weight excluding hydrogens is 408 g/mol. The van der Waals surface area contributed by atoms with Crippen molar-refractivity contribution in [2.75, 3.05) is 0 Å². The molecule has 2 atom stereocenters. The lowest BCUT2D eigenvalue weighted by Gasteiger charge is -2.15. The van der Waals surface area contributed by atoms with Gasteiger partial charge in [0.2, 0.25) is 5.91 Å². The molecule has 0 radical (unpaired) electrons. The Kier molecular flexibility index (Phi) is 6.15. The highest BCUT2D eigenvalue weighted by Gasteiger charge is 2.37. The number of rotatable bonds is 4. The molecule has 30 heavy (non-hydrogen) atoms. The minimum atomic E-state index is -4.90. The number of hydrogen-bond donors (Lipinski definition) is 1. The SMILES string of the molecule is C[C@H]1CCC(C(=O)NCc2cccc(-c3cc(C(F)(F)F)cc(C(F)(F)F)c3)c2)C1. The molecule has 1 unspecified atom stereocenters. The Hall–Kier alpha value is -2.51. The minimum absolute atomic E-state index is 0.0546. The van der Waals surface area contributed by atoms with E-state index in [1.807, 2.05) is 0 Å². The van der Waals surface area contributed by atoms with Gasteiger partial charge in [-0.3, -0.25) is 4.79 Å². The monoisotopic (exact) mass is 429 g/mol. The highest BCUT2D eigenvalue weighted by Crippen LogP contribution is 2.38. The molecule has 1 amide bonds. The Balaban J connectivity index is 1.83. The van der Waals surface area contributed by atoms with Crippen molar-refractivity contribution >= 4 is 5.91 Å². The van der Waals surface area contributed by atoms with E-state index in [0.717, 1.165) is 19.3 Å². The van der Waals surface area contributed by atoms with Crippen molar-refractivity contribution < 1.29 is 31.1 Å². The van der Waals surface area contributed by atoms with Gasteiger partial charge in [-0.1, -0.05) is 25.1 Å². The number of halogens is 6. The second-order valence-electron chi connectivity index (χ2n) is 7.83. The van der Waals surface area contributed by atoms with E-state index in [0.29, 0.717) is 23.6 Å². The molecule has 0 heterocycles. The van der Waals surface area contributed by atoms with E-state index in [1.54, 1.807) is 12.1 Å². The molecule has 1 aliphatic rings. The number of benzene rings is 2. The van der Waals surface area contributed by atoms with Gasteiger partial charge in [0.05, 0.1) is 11.1 Å². The van der Waals surface area contributed by atoms with Gasteiger partial charge in [0.25, 0.3) is 0 Å². The first-order valence-electron chi connectivity index (χ1n) is 9.60. The molecule has 0 bridgehead atoms. The van der Waals surface area contributed by atoms with Gasteiger partial charge in [-0.05, 0) is 66.1 Å². The summed E-state index contributed by atoms with van der Waals surface area (Å²) in [6.07, 6.45) is -7.18. The third-order valence-electron chi connectivity index (χ3n) is 5.38. The van der Waals surface area contributed by atoms with E-state index in [4.69, 9.17) is 0 Å². The van der Waals surface area contributed by atoms with Crippen LogP contribution in [0.2, 0.25) is 0 Å². The third-order valence-corrected chi connectivity index (χ3v) is 5.38. The number of alkyl halides is 6. The zero-order chi connectivity index (χ0) is 22.1. The summed E-state index contributed by atoms with van der Waals surface area (Å²) in [6.45, 7) is 2.24. The molecule has 2 aromatic carbocycles. The van der Waals surface area contributed by atoms with Crippen LogP contribution >= 0.6 is 0 Å². The molecule has 8 heteroatoms. The lowest BCUT2D eigenvalue weighted by atomic mass is 9.97. The van der Waals surface area contributed by atoms with Gasteiger partial charge in [0.15, 0.2) is 0 Å². The van der Waals surface area contributed by atoms with Crippen LogP contribution in [0.5, 0.6) is 0 Å². The first-order valence-corrected chi connectivity index (χ1v) is 9.60. The maximum Gasteiger partial charge on any atom is 0.416 e. The summed E-state index contributed by atoms with van der Waals surface area (Å²) in [5.41, 5.74) is -2.09. The number of nitrogens with one attached hydrogen (secondary N) is 1. The second kappa shape index (κ2) is 8.32. The van der Waals surface area contributed by atoms with Gasteiger partial charge in [0.1, 0.15) is 0 Å². The lowest BCUT2D eigenvalue weighted by molar-refractivity contribution is -0.143. The summed E-state index contributed by atoms with van der Waals surface area (Å²) in [7, 11) is 0. The van der Waals surface area contributed by atoms with E-state index < -0.39 is 23.5 Å². The topological polar surface area (TPSA) is 29.1 Å². The second-order valence-corrected chi connectivity index (χ2v) is 7.83. The number of amides is 1. The van der Waals surface area contributed by atoms with Gasteiger partial charge in [-0.15, -0.1) is 0 Å². The average molecular weight is 429 g/mol. The molecule has 0 aromatic heterocycles. The molecule has 1 saturated carbocycles. The van der Waals surface area contributed by atoms with E-state index in [9.17, 15) is 31.1 Å². The zero-order valence-electron chi connectivity index (χ0n) is 16.2. The Morgan fingerprint density at radius 2 is 1.57 bits per heavy atom. The van der Waals surface area contributed by atoms with Crippen LogP contribution in [-0.4, -0.2) is 5.91 Å². The summed E-state index contributed by atoms with van der Waals surface area (Å²) in [5, 5.41) is 2.81. The summed E-state index contributed by atoms with van der Waals surface area (Å²) in [6, 6.07) is 7.66. The van der Waals surface area contributed by atoms with Gasteiger partial charge in [0, 0.05) is 12.5 Å². The maximum atomic E-state index is 13.1. The fourth-order valence-corrected chi connectivity index (χ4v) is 3.76. The molecule has 0 saturated heterocycles. The Morgan fingerprint density at radius 3 is 2.10 bits per heavy atom. The van der Waals surface area contributed by atoms with Crippen LogP contribution < -0.4 is 5.32 Å². The molecule has 2 nitrogen and oxygen atoms in total. The Labute approximate surface area is 170 Å². The molecule has 1 N–H and O–H groups in total. The molecule has 2 aromatic rings. The predicted octanol–water partition coefficient (Wildman–Crippen LogP) is 6.44. The van der Waals surface area contributed by atoms with Gasteiger partial charge in [-0.25, -0.2) is 0 Å². The number of carbonyl (C=O) groups is 1. The van der Waals surface area contributed by atoms with Crippen LogP contribution in [0.25, 0.3) is 11.1 Å². The molecule has 0 spiro atoms. The molecule has 162 valence electrons. The maximum absolute atomic E-state index is 13.1. The van der Waals surface area contributed by atoms with Crippen molar-refractivity contribution in [1.82, 2.24) is 5.32 Å². The van der Waals surface area contributed by atoms with Crippen molar-refractivity contribution in [1.29, 1.82) is 0 Å². The predicted molar refractivity (Wildman–Crippen MR) is 100 cm³/mol. The summed E-state index contributed by atoms with van der Waals surface area (Å²) < 4.78 is 78.6. The first-order chi connectivity index (χ1) is 13.9. The van der Waals surface area contributed by atoms with Gasteiger partial charge >= 0.3 is 12.4 Å². The molecule has 1 fully saturated rings. The van der Waals surface area contributed by atoms with Crippen LogP contribution in [0.15, 0.2) is 42.5 Å². The van der Waals surface area contributed by atoms with Crippen LogP contribution in [0.4, 0.5) is 26.3 Å². The van der Waals surface area contributed by atoms with Crippen molar-refractivity contribution in [2.24, 2.45) is 11.8 Å². The highest BCUT2D eigenvalue weighted by atomic mass is 19.4. The van der Waals surface area contributed by atoms with E-state index >= 15 is 0 Å². The smallest absolute Gasteiger partial charge is 0.352 e. The molecule has 1 aliphatic carbocycles. The van der Waals surface area contributed by atoms with E-state index in [1.165, 1.54) is 12.1 Å². The van der Waals surface area contributed by atoms with E-state index in [2.05, 4.69) is 12.2 Å². The van der Waals surface area contributed by atoms with Crippen LogP contribution in [-0.2, 0) is 23.7 Å². The van der Waals surface area contributed by atoms with E-state index in [-0.39, 0.29) is 35.6 Å². The van der Waals surface area contributed by atoms with Crippen LogP contribution in [0, 0.1) is 11.8 Å². The van der Waals surface area contributed by atoms with Crippen LogP contribution in [0.1, 0.15) is 42.9 Å². The summed E-state index contributed by atoms with van der Waals surface area (Å²) in [5.74, 6) is 0.358. The third kappa shape index (κ3) is 5.34. The lowest BCUT2D eigenvalue weighted by Crippen LogP contribution is -2.28. The van der Waals surface area contributed by atoms with Gasteiger partial charge in [-0.2, -0.15) is 26.3 Å². The van der Waals surface area contributed by atoms with Crippen molar-refractivity contribution in [3.63, 3.8) is 0 Å². The standard InChI is InChI=1S/C22H21F6NO/c1-13-5-6-16(7-13)20(30)29-12-14-3-2-4-15(8-14)17-9-18(21(23,24)25)11-19(10-17)22(26,27)28/h2-4,8-11,13,16H,5-7,12H2,1H3,(H,29,30)/t13-,16?/m0/s1. The summed E-state index contributed by atoms with van der Waals surface area (Å²) >= 11 is 0. The van der Waals surface area contributed by atoms with Gasteiger partial charge < -0.3 is 5.32 Å². The minimum Gasteiger partial charge on any atom is -0.352 e. The Bertz CT molecular complexity index is 886. The Morgan fingerprint density at radius 1 is 0.933 bits per heavy atom. The van der Waals surface area contributed by atoms with Crippen molar-refractivity contribution in [3.8, 4) is 11.1 Å².